The monoisotopic (exact) mass is 348 g/mol. The summed E-state index contributed by atoms with van der Waals surface area (Å²) in [5.74, 6) is 1.49. The Morgan fingerprint density at radius 1 is 1.19 bits per heavy atom. The molecule has 0 aliphatic carbocycles. The van der Waals surface area contributed by atoms with Crippen molar-refractivity contribution in [2.45, 2.75) is 39.5 Å². The lowest BCUT2D eigenvalue weighted by Crippen LogP contribution is -2.18. The number of pyridine rings is 1. The fourth-order valence-corrected chi connectivity index (χ4v) is 2.83. The smallest absolute Gasteiger partial charge is 0.180 e. The van der Waals surface area contributed by atoms with Crippen molar-refractivity contribution in [2.75, 3.05) is 11.9 Å². The molecule has 112 valence electrons. The third-order valence-electron chi connectivity index (χ3n) is 3.00. The number of nitrogens with one attached hydrogen (secondary N) is 1. The molecular formula is C16H21BrN4. The van der Waals surface area contributed by atoms with Crippen molar-refractivity contribution >= 4 is 21.7 Å². The van der Waals surface area contributed by atoms with E-state index in [0.29, 0.717) is 5.82 Å². The summed E-state index contributed by atoms with van der Waals surface area (Å²) in [6.45, 7) is 9.44. The lowest BCUT2D eigenvalue weighted by atomic mass is 9.92. The van der Waals surface area contributed by atoms with Crippen LogP contribution in [0.3, 0.4) is 0 Å². The lowest BCUT2D eigenvalue weighted by molar-refractivity contribution is 0.564. The van der Waals surface area contributed by atoms with Gasteiger partial charge in [-0.15, -0.1) is 0 Å². The van der Waals surface area contributed by atoms with E-state index in [-0.39, 0.29) is 5.41 Å². The van der Waals surface area contributed by atoms with Gasteiger partial charge in [0.2, 0.25) is 0 Å². The Balaban J connectivity index is 2.56. The van der Waals surface area contributed by atoms with E-state index in [2.05, 4.69) is 58.9 Å². The molecule has 0 fully saturated rings. The quantitative estimate of drug-likeness (QED) is 0.888. The van der Waals surface area contributed by atoms with Crippen LogP contribution < -0.4 is 5.32 Å². The molecule has 2 aromatic rings. The van der Waals surface area contributed by atoms with Gasteiger partial charge in [-0.2, -0.15) is 0 Å². The Hall–Kier alpha value is -1.49. The molecule has 0 bridgehead atoms. The molecule has 2 heterocycles. The molecule has 21 heavy (non-hydrogen) atoms. The largest absolute Gasteiger partial charge is 0.369 e. The number of aromatic nitrogens is 3. The van der Waals surface area contributed by atoms with Crippen LogP contribution in [-0.4, -0.2) is 21.5 Å². The third kappa shape index (κ3) is 3.79. The maximum Gasteiger partial charge on any atom is 0.180 e. The van der Waals surface area contributed by atoms with Crippen molar-refractivity contribution in [3.05, 3.63) is 34.6 Å². The van der Waals surface area contributed by atoms with Gasteiger partial charge in [-0.3, -0.25) is 4.98 Å². The average molecular weight is 349 g/mol. The van der Waals surface area contributed by atoms with Gasteiger partial charge in [0, 0.05) is 18.2 Å². The fraction of sp³-hybridized carbons (Fsp3) is 0.438. The van der Waals surface area contributed by atoms with Crippen LogP contribution in [0.4, 0.5) is 5.82 Å². The highest BCUT2D eigenvalue weighted by atomic mass is 79.9. The molecule has 0 atom stereocenters. The van der Waals surface area contributed by atoms with Crippen LogP contribution in [0, 0.1) is 0 Å². The van der Waals surface area contributed by atoms with E-state index in [4.69, 9.17) is 4.98 Å². The summed E-state index contributed by atoms with van der Waals surface area (Å²) in [5.41, 5.74) is 1.69. The van der Waals surface area contributed by atoms with Gasteiger partial charge in [-0.25, -0.2) is 9.97 Å². The van der Waals surface area contributed by atoms with E-state index >= 15 is 0 Å². The normalized spacial score (nSPS) is 11.5. The summed E-state index contributed by atoms with van der Waals surface area (Å²) in [6, 6.07) is 5.77. The molecule has 2 rings (SSSR count). The van der Waals surface area contributed by atoms with Crippen molar-refractivity contribution in [3.63, 3.8) is 0 Å². The van der Waals surface area contributed by atoms with Crippen LogP contribution in [0.5, 0.6) is 0 Å². The summed E-state index contributed by atoms with van der Waals surface area (Å²) >= 11 is 3.65. The molecular weight excluding hydrogens is 328 g/mol. The molecule has 0 amide bonds. The third-order valence-corrected chi connectivity index (χ3v) is 3.75. The number of hydrogen-bond acceptors (Lipinski definition) is 4. The van der Waals surface area contributed by atoms with Crippen molar-refractivity contribution in [3.8, 4) is 11.5 Å². The van der Waals surface area contributed by atoms with Crippen LogP contribution in [-0.2, 0) is 5.41 Å². The minimum atomic E-state index is -0.0754. The van der Waals surface area contributed by atoms with E-state index in [1.54, 1.807) is 6.20 Å². The molecule has 0 spiro atoms. The summed E-state index contributed by atoms with van der Waals surface area (Å²) in [6.07, 6.45) is 2.80. The predicted molar refractivity (Wildman–Crippen MR) is 90.4 cm³/mol. The van der Waals surface area contributed by atoms with E-state index in [9.17, 15) is 0 Å². The Morgan fingerprint density at radius 2 is 1.95 bits per heavy atom. The van der Waals surface area contributed by atoms with Crippen molar-refractivity contribution in [2.24, 2.45) is 0 Å². The van der Waals surface area contributed by atoms with E-state index in [1.807, 2.05) is 18.2 Å². The standard InChI is InChI=1S/C16H21BrN4/c1-5-9-19-15-12(17)13(16(2,3)4)20-14(21-15)11-8-6-7-10-18-11/h6-8,10H,5,9H2,1-4H3,(H,19,20,21). The van der Waals surface area contributed by atoms with Gasteiger partial charge >= 0.3 is 0 Å². The second-order valence-electron chi connectivity index (χ2n) is 5.95. The van der Waals surface area contributed by atoms with E-state index < -0.39 is 0 Å². The molecule has 0 saturated heterocycles. The maximum absolute atomic E-state index is 4.72. The SMILES string of the molecule is CCCNc1nc(-c2ccccn2)nc(C(C)(C)C)c1Br. The molecule has 5 heteroatoms. The second kappa shape index (κ2) is 6.52. The molecule has 0 aromatic carbocycles. The van der Waals surface area contributed by atoms with E-state index in [0.717, 1.165) is 34.6 Å². The highest BCUT2D eigenvalue weighted by molar-refractivity contribution is 9.10. The Morgan fingerprint density at radius 3 is 2.52 bits per heavy atom. The average Bonchev–Trinajstić information content (AvgIpc) is 2.46. The van der Waals surface area contributed by atoms with Gasteiger partial charge in [0.25, 0.3) is 0 Å². The zero-order chi connectivity index (χ0) is 15.5. The number of anilines is 1. The predicted octanol–water partition coefficient (Wildman–Crippen LogP) is 4.42. The molecule has 0 aliphatic heterocycles. The molecule has 1 N–H and O–H groups in total. The van der Waals surface area contributed by atoms with Crippen LogP contribution >= 0.6 is 15.9 Å². The molecule has 0 radical (unpaired) electrons. The summed E-state index contributed by atoms with van der Waals surface area (Å²) in [4.78, 5) is 13.7. The van der Waals surface area contributed by atoms with Crippen molar-refractivity contribution in [1.82, 2.24) is 15.0 Å². The number of nitrogens with zero attached hydrogens (tertiary/aromatic N) is 3. The van der Waals surface area contributed by atoms with Crippen molar-refractivity contribution in [1.29, 1.82) is 0 Å². The number of hydrogen-bond donors (Lipinski definition) is 1. The Labute approximate surface area is 134 Å². The first-order valence-corrected chi connectivity index (χ1v) is 7.96. The fourth-order valence-electron chi connectivity index (χ4n) is 1.91. The molecule has 4 nitrogen and oxygen atoms in total. The summed E-state index contributed by atoms with van der Waals surface area (Å²) in [5, 5.41) is 3.36. The van der Waals surface area contributed by atoms with Gasteiger partial charge in [0.05, 0.1) is 10.2 Å². The Kier molecular flexibility index (Phi) is 4.93. The van der Waals surface area contributed by atoms with Gasteiger partial charge in [0.15, 0.2) is 5.82 Å². The molecule has 0 unspecified atom stereocenters. The Bertz CT molecular complexity index is 606. The van der Waals surface area contributed by atoms with Crippen LogP contribution in [0.2, 0.25) is 0 Å². The molecule has 0 aliphatic rings. The number of halogens is 1. The first-order chi connectivity index (χ1) is 9.93. The van der Waals surface area contributed by atoms with E-state index in [1.165, 1.54) is 0 Å². The van der Waals surface area contributed by atoms with Crippen LogP contribution in [0.1, 0.15) is 39.8 Å². The maximum atomic E-state index is 4.72. The van der Waals surface area contributed by atoms with Crippen LogP contribution in [0.25, 0.3) is 11.5 Å². The molecule has 0 saturated carbocycles. The minimum absolute atomic E-state index is 0.0754. The summed E-state index contributed by atoms with van der Waals surface area (Å²) in [7, 11) is 0. The first kappa shape index (κ1) is 15.9. The minimum Gasteiger partial charge on any atom is -0.369 e. The number of rotatable bonds is 4. The van der Waals surface area contributed by atoms with Gasteiger partial charge < -0.3 is 5.32 Å². The topological polar surface area (TPSA) is 50.7 Å². The van der Waals surface area contributed by atoms with Gasteiger partial charge in [-0.1, -0.05) is 33.8 Å². The zero-order valence-electron chi connectivity index (χ0n) is 12.9. The van der Waals surface area contributed by atoms with Crippen molar-refractivity contribution < 1.29 is 0 Å². The highest BCUT2D eigenvalue weighted by Gasteiger charge is 2.23. The first-order valence-electron chi connectivity index (χ1n) is 7.16. The highest BCUT2D eigenvalue weighted by Crippen LogP contribution is 2.34. The second-order valence-corrected chi connectivity index (χ2v) is 6.74. The van der Waals surface area contributed by atoms with Crippen LogP contribution in [0.15, 0.2) is 28.9 Å². The summed E-state index contributed by atoms with van der Waals surface area (Å²) < 4.78 is 0.933. The van der Waals surface area contributed by atoms with Gasteiger partial charge in [0.1, 0.15) is 11.5 Å². The van der Waals surface area contributed by atoms with Gasteiger partial charge in [-0.05, 0) is 34.5 Å². The lowest BCUT2D eigenvalue weighted by Gasteiger charge is -2.22. The zero-order valence-corrected chi connectivity index (χ0v) is 14.5. The molecule has 2 aromatic heterocycles.